The standard InChI is InChI=1S/C27H28F4N6O/c1-27(2)4-3-16-14-38-25-19(30)9-15(10-23(25)37(16)27)24-20(31)13-33-26(35-24)34-21-11-18(29)22(12-17(21)28)36-7-5-32-6-8-36/h9-13,16,32H,3-8,14H2,1-2H3,(H,33,34,35). The first kappa shape index (κ1) is 24.7. The second kappa shape index (κ2) is 9.30. The van der Waals surface area contributed by atoms with Gasteiger partial charge in [0.15, 0.2) is 17.4 Å². The van der Waals surface area contributed by atoms with Crippen molar-refractivity contribution in [2.24, 2.45) is 0 Å². The van der Waals surface area contributed by atoms with Crippen LogP contribution in [0.2, 0.25) is 0 Å². The number of fused-ring (bicyclic) bond motifs is 3. The zero-order valence-corrected chi connectivity index (χ0v) is 21.1. The molecule has 3 aliphatic heterocycles. The van der Waals surface area contributed by atoms with E-state index in [-0.39, 0.29) is 45.9 Å². The number of aromatic nitrogens is 2. The van der Waals surface area contributed by atoms with E-state index in [1.807, 2.05) is 0 Å². The van der Waals surface area contributed by atoms with E-state index in [0.29, 0.717) is 38.5 Å². The molecule has 6 rings (SSSR count). The molecule has 0 spiro atoms. The molecule has 1 aromatic heterocycles. The fourth-order valence-electron chi connectivity index (χ4n) is 5.69. The lowest BCUT2D eigenvalue weighted by Crippen LogP contribution is -2.48. The van der Waals surface area contributed by atoms with Crippen molar-refractivity contribution in [1.82, 2.24) is 15.3 Å². The number of nitrogens with zero attached hydrogens (tertiary/aromatic N) is 4. The van der Waals surface area contributed by atoms with Gasteiger partial charge in [-0.3, -0.25) is 0 Å². The van der Waals surface area contributed by atoms with E-state index in [1.54, 1.807) is 11.0 Å². The Hall–Kier alpha value is -3.60. The Morgan fingerprint density at radius 1 is 0.974 bits per heavy atom. The van der Waals surface area contributed by atoms with Gasteiger partial charge in [-0.25, -0.2) is 27.5 Å². The fraction of sp³-hybridized carbons (Fsp3) is 0.407. The molecule has 1 unspecified atom stereocenters. The van der Waals surface area contributed by atoms with Crippen molar-refractivity contribution in [3.63, 3.8) is 0 Å². The van der Waals surface area contributed by atoms with Crippen LogP contribution in [-0.4, -0.2) is 54.3 Å². The molecule has 1 atom stereocenters. The Balaban J connectivity index is 1.33. The molecule has 38 heavy (non-hydrogen) atoms. The van der Waals surface area contributed by atoms with Crippen molar-refractivity contribution in [3.05, 3.63) is 53.7 Å². The minimum absolute atomic E-state index is 0.0988. The maximum absolute atomic E-state index is 15.2. The van der Waals surface area contributed by atoms with Gasteiger partial charge < -0.3 is 25.2 Å². The van der Waals surface area contributed by atoms with Crippen molar-refractivity contribution < 1.29 is 22.3 Å². The number of hydrogen-bond acceptors (Lipinski definition) is 7. The molecule has 0 aliphatic carbocycles. The molecule has 3 aromatic rings. The van der Waals surface area contributed by atoms with E-state index < -0.39 is 23.3 Å². The fourth-order valence-corrected chi connectivity index (χ4v) is 5.69. The molecule has 0 amide bonds. The summed E-state index contributed by atoms with van der Waals surface area (Å²) in [7, 11) is 0. The van der Waals surface area contributed by atoms with E-state index in [4.69, 9.17) is 4.74 Å². The molecule has 2 N–H and O–H groups in total. The maximum Gasteiger partial charge on any atom is 0.228 e. The smallest absolute Gasteiger partial charge is 0.228 e. The molecule has 3 aliphatic rings. The van der Waals surface area contributed by atoms with E-state index in [1.165, 1.54) is 6.07 Å². The van der Waals surface area contributed by atoms with Crippen LogP contribution in [0.1, 0.15) is 26.7 Å². The van der Waals surface area contributed by atoms with Crippen molar-refractivity contribution in [2.75, 3.05) is 47.9 Å². The molecule has 11 heteroatoms. The van der Waals surface area contributed by atoms with E-state index in [0.717, 1.165) is 31.2 Å². The third-order valence-corrected chi connectivity index (χ3v) is 7.57. The predicted octanol–water partition coefficient (Wildman–Crippen LogP) is 4.99. The molecular formula is C27H28F4N6O. The first-order valence-corrected chi connectivity index (χ1v) is 12.7. The van der Waals surface area contributed by atoms with Gasteiger partial charge in [0, 0.05) is 49.4 Å². The number of benzene rings is 2. The van der Waals surface area contributed by atoms with Crippen LogP contribution in [0.5, 0.6) is 5.75 Å². The first-order valence-electron chi connectivity index (χ1n) is 12.7. The molecule has 0 radical (unpaired) electrons. The molecule has 2 saturated heterocycles. The van der Waals surface area contributed by atoms with Crippen LogP contribution in [0, 0.1) is 23.3 Å². The number of halogens is 4. The van der Waals surface area contributed by atoms with Gasteiger partial charge in [-0.05, 0) is 38.8 Å². The normalized spacial score (nSPS) is 20.1. The van der Waals surface area contributed by atoms with Crippen molar-refractivity contribution in [1.29, 1.82) is 0 Å². The lowest BCUT2D eigenvalue weighted by Gasteiger charge is -2.42. The Morgan fingerprint density at radius 3 is 2.55 bits per heavy atom. The zero-order valence-electron chi connectivity index (χ0n) is 21.1. The van der Waals surface area contributed by atoms with Crippen LogP contribution in [-0.2, 0) is 0 Å². The zero-order chi connectivity index (χ0) is 26.6. The number of hydrogen-bond donors (Lipinski definition) is 2. The highest BCUT2D eigenvalue weighted by atomic mass is 19.1. The monoisotopic (exact) mass is 528 g/mol. The number of ether oxygens (including phenoxy) is 1. The van der Waals surface area contributed by atoms with E-state index in [2.05, 4.69) is 39.3 Å². The topological polar surface area (TPSA) is 65.5 Å². The minimum atomic E-state index is -0.774. The number of anilines is 4. The lowest BCUT2D eigenvalue weighted by atomic mass is 10.0. The van der Waals surface area contributed by atoms with Gasteiger partial charge in [-0.1, -0.05) is 0 Å². The van der Waals surface area contributed by atoms with Gasteiger partial charge in [0.2, 0.25) is 5.95 Å². The highest BCUT2D eigenvalue weighted by Gasteiger charge is 2.44. The molecule has 4 heterocycles. The van der Waals surface area contributed by atoms with Crippen molar-refractivity contribution >= 4 is 23.0 Å². The Labute approximate surface area is 217 Å². The SMILES string of the molecule is CC1(C)CCC2COc3c(F)cc(-c4nc(Nc5cc(F)c(N6CCNCC6)cc5F)ncc4F)cc3N21. The quantitative estimate of drug-likeness (QED) is 0.463. The summed E-state index contributed by atoms with van der Waals surface area (Å²) in [6.45, 7) is 7.04. The second-order valence-electron chi connectivity index (χ2n) is 10.5. The summed E-state index contributed by atoms with van der Waals surface area (Å²) in [6, 6.07) is 5.09. The second-order valence-corrected chi connectivity index (χ2v) is 10.5. The summed E-state index contributed by atoms with van der Waals surface area (Å²) >= 11 is 0. The van der Waals surface area contributed by atoms with E-state index >= 15 is 4.39 Å². The van der Waals surface area contributed by atoms with Crippen molar-refractivity contribution in [3.8, 4) is 17.0 Å². The minimum Gasteiger partial charge on any atom is -0.486 e. The molecule has 0 bridgehead atoms. The number of nitrogens with one attached hydrogen (secondary N) is 2. The molecular weight excluding hydrogens is 500 g/mol. The molecule has 7 nitrogen and oxygen atoms in total. The van der Waals surface area contributed by atoms with Crippen LogP contribution >= 0.6 is 0 Å². The molecule has 2 fully saturated rings. The van der Waals surface area contributed by atoms with E-state index in [9.17, 15) is 13.2 Å². The Kier molecular flexibility index (Phi) is 6.05. The first-order chi connectivity index (χ1) is 18.2. The average Bonchev–Trinajstić information content (AvgIpc) is 3.22. The van der Waals surface area contributed by atoms with Gasteiger partial charge in [0.1, 0.15) is 23.9 Å². The van der Waals surface area contributed by atoms with Crippen molar-refractivity contribution in [2.45, 2.75) is 38.3 Å². The summed E-state index contributed by atoms with van der Waals surface area (Å²) in [5, 5.41) is 5.81. The van der Waals surface area contributed by atoms with Gasteiger partial charge in [0.25, 0.3) is 0 Å². The highest BCUT2D eigenvalue weighted by molar-refractivity contribution is 5.74. The lowest BCUT2D eigenvalue weighted by molar-refractivity contribution is 0.252. The Bertz CT molecular complexity index is 1390. The predicted molar refractivity (Wildman–Crippen MR) is 137 cm³/mol. The Morgan fingerprint density at radius 2 is 1.76 bits per heavy atom. The third-order valence-electron chi connectivity index (χ3n) is 7.57. The molecule has 200 valence electrons. The number of piperazine rings is 1. The summed E-state index contributed by atoms with van der Waals surface area (Å²) in [4.78, 5) is 12.0. The van der Waals surface area contributed by atoms with Gasteiger partial charge in [0.05, 0.1) is 29.3 Å². The highest BCUT2D eigenvalue weighted by Crippen LogP contribution is 2.48. The summed E-state index contributed by atoms with van der Waals surface area (Å²) in [5.74, 6) is -2.71. The average molecular weight is 529 g/mol. The van der Waals surface area contributed by atoms with Crippen LogP contribution in [0.15, 0.2) is 30.5 Å². The van der Waals surface area contributed by atoms with Crippen LogP contribution in [0.3, 0.4) is 0 Å². The summed E-state index contributed by atoms with van der Waals surface area (Å²) in [6.07, 6.45) is 2.74. The molecule has 2 aromatic carbocycles. The third kappa shape index (κ3) is 4.28. The largest absolute Gasteiger partial charge is 0.486 e. The maximum atomic E-state index is 15.2. The van der Waals surface area contributed by atoms with Gasteiger partial charge in [-0.2, -0.15) is 0 Å². The van der Waals surface area contributed by atoms with Crippen LogP contribution < -0.4 is 25.2 Å². The van der Waals surface area contributed by atoms with Crippen LogP contribution in [0.4, 0.5) is 40.6 Å². The summed E-state index contributed by atoms with van der Waals surface area (Å²) < 4.78 is 65.6. The summed E-state index contributed by atoms with van der Waals surface area (Å²) in [5.41, 5.74) is 0.334. The van der Waals surface area contributed by atoms with Gasteiger partial charge >= 0.3 is 0 Å². The van der Waals surface area contributed by atoms with Crippen LogP contribution in [0.25, 0.3) is 11.3 Å². The van der Waals surface area contributed by atoms with Gasteiger partial charge in [-0.15, -0.1) is 0 Å². The molecule has 0 saturated carbocycles. The number of rotatable bonds is 4.